The molecule has 2 heterocycles. The first kappa shape index (κ1) is 17.3. The second-order valence-electron chi connectivity index (χ2n) is 5.90. The van der Waals surface area contributed by atoms with Crippen molar-refractivity contribution < 1.29 is 0 Å². The molecule has 0 fully saturated rings. The highest BCUT2D eigenvalue weighted by Crippen LogP contribution is 2.18. The lowest BCUT2D eigenvalue weighted by Gasteiger charge is -2.15. The van der Waals surface area contributed by atoms with Crippen molar-refractivity contribution >= 4 is 23.3 Å². The van der Waals surface area contributed by atoms with Gasteiger partial charge in [0.2, 0.25) is 0 Å². The van der Waals surface area contributed by atoms with E-state index in [-0.39, 0.29) is 0 Å². The van der Waals surface area contributed by atoms with Gasteiger partial charge in [-0.2, -0.15) is 0 Å². The molecule has 1 unspecified atom stereocenters. The van der Waals surface area contributed by atoms with E-state index in [0.717, 1.165) is 35.9 Å². The van der Waals surface area contributed by atoms with Crippen LogP contribution in [0.2, 0.25) is 0 Å². The monoisotopic (exact) mass is 354 g/mol. The maximum Gasteiger partial charge on any atom is 0.125 e. The number of thioether (sulfide) groups is 1. The van der Waals surface area contributed by atoms with Crippen molar-refractivity contribution in [2.24, 2.45) is 5.92 Å². The van der Waals surface area contributed by atoms with Crippen LogP contribution in [0.25, 0.3) is 11.3 Å². The van der Waals surface area contributed by atoms with E-state index in [0.29, 0.717) is 5.92 Å². The second-order valence-corrected chi connectivity index (χ2v) is 6.78. The zero-order chi connectivity index (χ0) is 17.5. The maximum atomic E-state index is 4.43. The van der Waals surface area contributed by atoms with Crippen LogP contribution in [0, 0.1) is 5.92 Å². The number of rotatable bonds is 8. The standard InChI is InChI=1S/C18H22N6S/c1-13(9-19-15-4-6-16(25-2)7-5-15)10-20-18-8-3-14(11-21-18)17-12-22-24-23-17/h3-8,11-13,19H,9-10H2,1-2H3,(H,20,21)(H,22,23,24). The fourth-order valence-electron chi connectivity index (χ4n) is 2.35. The predicted octanol–water partition coefficient (Wildman–Crippen LogP) is 3.75. The van der Waals surface area contributed by atoms with Crippen molar-refractivity contribution in [2.75, 3.05) is 30.0 Å². The molecule has 0 amide bonds. The zero-order valence-electron chi connectivity index (χ0n) is 14.4. The Labute approximate surface area is 151 Å². The van der Waals surface area contributed by atoms with Crippen molar-refractivity contribution in [3.63, 3.8) is 0 Å². The quantitative estimate of drug-likeness (QED) is 0.535. The van der Waals surface area contributed by atoms with Crippen molar-refractivity contribution in [1.29, 1.82) is 0 Å². The minimum absolute atomic E-state index is 0.471. The summed E-state index contributed by atoms with van der Waals surface area (Å²) in [5, 5.41) is 17.2. The van der Waals surface area contributed by atoms with Crippen LogP contribution in [-0.4, -0.2) is 39.7 Å². The average Bonchev–Trinajstić information content (AvgIpc) is 3.20. The Hall–Kier alpha value is -2.54. The summed E-state index contributed by atoms with van der Waals surface area (Å²) in [6.07, 6.45) is 5.58. The Bertz CT molecular complexity index is 755. The topological polar surface area (TPSA) is 78.5 Å². The molecule has 3 rings (SSSR count). The predicted molar refractivity (Wildman–Crippen MR) is 104 cm³/mol. The van der Waals surface area contributed by atoms with E-state index in [9.17, 15) is 0 Å². The van der Waals surface area contributed by atoms with Crippen molar-refractivity contribution in [3.05, 3.63) is 48.8 Å². The van der Waals surface area contributed by atoms with Gasteiger partial charge in [-0.05, 0) is 48.6 Å². The lowest BCUT2D eigenvalue weighted by Crippen LogP contribution is -2.20. The van der Waals surface area contributed by atoms with Crippen molar-refractivity contribution in [2.45, 2.75) is 11.8 Å². The molecule has 0 spiro atoms. The van der Waals surface area contributed by atoms with E-state index in [4.69, 9.17) is 0 Å². The summed E-state index contributed by atoms with van der Waals surface area (Å²) in [6.45, 7) is 3.97. The zero-order valence-corrected chi connectivity index (χ0v) is 15.2. The van der Waals surface area contributed by atoms with Crippen LogP contribution in [0.5, 0.6) is 0 Å². The van der Waals surface area contributed by atoms with Gasteiger partial charge < -0.3 is 10.6 Å². The summed E-state index contributed by atoms with van der Waals surface area (Å²) in [5.41, 5.74) is 2.99. The third-order valence-corrected chi connectivity index (χ3v) is 4.61. The molecule has 0 saturated heterocycles. The first-order valence-electron chi connectivity index (χ1n) is 8.19. The minimum Gasteiger partial charge on any atom is -0.385 e. The largest absolute Gasteiger partial charge is 0.385 e. The molecule has 0 saturated carbocycles. The van der Waals surface area contributed by atoms with Crippen LogP contribution in [0.3, 0.4) is 0 Å². The van der Waals surface area contributed by atoms with Gasteiger partial charge in [-0.1, -0.05) is 12.1 Å². The summed E-state index contributed by atoms with van der Waals surface area (Å²) >= 11 is 1.75. The number of nitrogens with zero attached hydrogens (tertiary/aromatic N) is 3. The number of hydrogen-bond donors (Lipinski definition) is 3. The van der Waals surface area contributed by atoms with Crippen LogP contribution >= 0.6 is 11.8 Å². The van der Waals surface area contributed by atoms with Crippen molar-refractivity contribution in [1.82, 2.24) is 20.4 Å². The van der Waals surface area contributed by atoms with Crippen LogP contribution in [0.1, 0.15) is 6.92 Å². The normalized spacial score (nSPS) is 11.9. The third kappa shape index (κ3) is 4.96. The fourth-order valence-corrected chi connectivity index (χ4v) is 2.76. The Morgan fingerprint density at radius 3 is 2.48 bits per heavy atom. The Balaban J connectivity index is 1.44. The average molecular weight is 354 g/mol. The van der Waals surface area contributed by atoms with E-state index in [2.05, 4.69) is 68.5 Å². The molecule has 0 aliphatic heterocycles. The Kier molecular flexibility index (Phi) is 5.90. The molecule has 0 aliphatic rings. The number of benzene rings is 1. The number of H-pyrrole nitrogens is 1. The number of anilines is 2. The highest BCUT2D eigenvalue weighted by atomic mass is 32.2. The van der Waals surface area contributed by atoms with E-state index < -0.39 is 0 Å². The molecular formula is C18H22N6S. The summed E-state index contributed by atoms with van der Waals surface area (Å²) in [5.74, 6) is 1.34. The van der Waals surface area contributed by atoms with Gasteiger partial charge in [-0.15, -0.1) is 16.9 Å². The molecule has 0 bridgehead atoms. The lowest BCUT2D eigenvalue weighted by molar-refractivity contribution is 0.648. The number of pyridine rings is 1. The number of hydrogen-bond acceptors (Lipinski definition) is 6. The molecule has 7 heteroatoms. The van der Waals surface area contributed by atoms with Gasteiger partial charge in [0, 0.05) is 35.4 Å². The summed E-state index contributed by atoms with van der Waals surface area (Å²) in [7, 11) is 0. The van der Waals surface area contributed by atoms with E-state index in [1.165, 1.54) is 4.90 Å². The van der Waals surface area contributed by atoms with Gasteiger partial charge >= 0.3 is 0 Å². The van der Waals surface area contributed by atoms with Gasteiger partial charge in [0.15, 0.2) is 0 Å². The maximum absolute atomic E-state index is 4.43. The summed E-state index contributed by atoms with van der Waals surface area (Å²) in [6, 6.07) is 12.5. The SMILES string of the molecule is CSc1ccc(NCC(C)CNc2ccc(-c3cnn[nH]3)cn2)cc1. The minimum atomic E-state index is 0.471. The first-order valence-corrected chi connectivity index (χ1v) is 9.41. The van der Waals surface area contributed by atoms with Crippen LogP contribution in [-0.2, 0) is 0 Å². The lowest BCUT2D eigenvalue weighted by atomic mass is 10.1. The second kappa shape index (κ2) is 8.53. The van der Waals surface area contributed by atoms with Gasteiger partial charge in [-0.25, -0.2) is 4.98 Å². The van der Waals surface area contributed by atoms with Gasteiger partial charge in [-0.3, -0.25) is 5.10 Å². The highest BCUT2D eigenvalue weighted by molar-refractivity contribution is 7.98. The molecule has 0 aliphatic carbocycles. The number of aromatic nitrogens is 4. The molecule has 1 aromatic carbocycles. The van der Waals surface area contributed by atoms with E-state index in [1.54, 1.807) is 18.0 Å². The third-order valence-electron chi connectivity index (χ3n) is 3.87. The Morgan fingerprint density at radius 2 is 1.84 bits per heavy atom. The van der Waals surface area contributed by atoms with Crippen LogP contribution in [0.4, 0.5) is 11.5 Å². The molecule has 130 valence electrons. The molecule has 25 heavy (non-hydrogen) atoms. The molecule has 2 aromatic heterocycles. The van der Waals surface area contributed by atoms with E-state index >= 15 is 0 Å². The highest BCUT2D eigenvalue weighted by Gasteiger charge is 2.04. The summed E-state index contributed by atoms with van der Waals surface area (Å²) in [4.78, 5) is 5.71. The molecule has 3 aromatic rings. The van der Waals surface area contributed by atoms with Crippen LogP contribution in [0.15, 0.2) is 53.7 Å². The first-order chi connectivity index (χ1) is 12.2. The number of aromatic amines is 1. The van der Waals surface area contributed by atoms with Gasteiger partial charge in [0.1, 0.15) is 5.82 Å². The van der Waals surface area contributed by atoms with Crippen molar-refractivity contribution in [3.8, 4) is 11.3 Å². The fraction of sp³-hybridized carbons (Fsp3) is 0.278. The Morgan fingerprint density at radius 1 is 1.04 bits per heavy atom. The van der Waals surface area contributed by atoms with Crippen LogP contribution < -0.4 is 10.6 Å². The summed E-state index contributed by atoms with van der Waals surface area (Å²) < 4.78 is 0. The smallest absolute Gasteiger partial charge is 0.125 e. The van der Waals surface area contributed by atoms with E-state index in [1.807, 2.05) is 18.3 Å². The molecule has 6 nitrogen and oxygen atoms in total. The van der Waals surface area contributed by atoms with Gasteiger partial charge in [0.05, 0.1) is 11.9 Å². The molecular weight excluding hydrogens is 332 g/mol. The number of nitrogens with one attached hydrogen (secondary N) is 3. The molecule has 1 atom stereocenters. The van der Waals surface area contributed by atoms with Gasteiger partial charge in [0.25, 0.3) is 0 Å². The molecule has 0 radical (unpaired) electrons. The molecule has 3 N–H and O–H groups in total.